The van der Waals surface area contributed by atoms with Crippen LogP contribution in [-0.4, -0.2) is 18.0 Å². The molecule has 6 heteroatoms. The zero-order valence-corrected chi connectivity index (χ0v) is 13.2. The van der Waals surface area contributed by atoms with Crippen molar-refractivity contribution in [3.8, 4) is 0 Å². The molecule has 2 rings (SSSR count). The van der Waals surface area contributed by atoms with Gasteiger partial charge in [-0.15, -0.1) is 0 Å². The smallest absolute Gasteiger partial charge is 0.338 e. The Labute approximate surface area is 138 Å². The van der Waals surface area contributed by atoms with Crippen molar-refractivity contribution < 1.29 is 14.3 Å². The number of para-hydroxylation sites is 1. The van der Waals surface area contributed by atoms with Gasteiger partial charge in [-0.25, -0.2) is 4.79 Å². The second kappa shape index (κ2) is 7.29. The van der Waals surface area contributed by atoms with Crippen LogP contribution < -0.4 is 5.32 Å². The zero-order valence-electron chi connectivity index (χ0n) is 11.7. The van der Waals surface area contributed by atoms with E-state index in [1.807, 2.05) is 0 Å². The maximum Gasteiger partial charge on any atom is 0.338 e. The van der Waals surface area contributed by atoms with E-state index in [4.69, 9.17) is 27.9 Å². The summed E-state index contributed by atoms with van der Waals surface area (Å²) >= 11 is 11.7. The highest BCUT2D eigenvalue weighted by molar-refractivity contribution is 6.33. The quantitative estimate of drug-likeness (QED) is 0.851. The molecular weight excluding hydrogens is 325 g/mol. The van der Waals surface area contributed by atoms with E-state index >= 15 is 0 Å². The number of nitrogens with one attached hydrogen (secondary N) is 1. The lowest BCUT2D eigenvalue weighted by Gasteiger charge is -2.14. The number of amides is 1. The van der Waals surface area contributed by atoms with Crippen molar-refractivity contribution in [2.45, 2.75) is 13.0 Å². The number of carbonyl (C=O) groups is 2. The molecule has 0 saturated heterocycles. The number of anilines is 1. The van der Waals surface area contributed by atoms with Crippen molar-refractivity contribution in [2.24, 2.45) is 0 Å². The average Bonchev–Trinajstić information content (AvgIpc) is 2.50. The molecule has 0 heterocycles. The molecular formula is C16H13Cl2NO3. The van der Waals surface area contributed by atoms with E-state index in [1.54, 1.807) is 36.4 Å². The van der Waals surface area contributed by atoms with Gasteiger partial charge in [-0.05, 0) is 43.3 Å². The third-order valence-electron chi connectivity index (χ3n) is 2.86. The van der Waals surface area contributed by atoms with Crippen LogP contribution >= 0.6 is 23.2 Å². The second-order valence-corrected chi connectivity index (χ2v) is 5.37. The van der Waals surface area contributed by atoms with Gasteiger partial charge in [0.2, 0.25) is 0 Å². The summed E-state index contributed by atoms with van der Waals surface area (Å²) in [5, 5.41) is 3.53. The summed E-state index contributed by atoms with van der Waals surface area (Å²) < 4.78 is 5.11. The third kappa shape index (κ3) is 4.23. The summed E-state index contributed by atoms with van der Waals surface area (Å²) in [5.41, 5.74) is 0.783. The summed E-state index contributed by atoms with van der Waals surface area (Å²) in [4.78, 5) is 23.9. The van der Waals surface area contributed by atoms with Crippen LogP contribution in [0.5, 0.6) is 0 Å². The molecule has 4 nitrogen and oxygen atoms in total. The molecule has 1 N–H and O–H groups in total. The van der Waals surface area contributed by atoms with Crippen molar-refractivity contribution in [2.75, 3.05) is 5.32 Å². The molecule has 1 amide bonds. The highest BCUT2D eigenvalue weighted by Gasteiger charge is 2.19. The fourth-order valence-corrected chi connectivity index (χ4v) is 1.97. The van der Waals surface area contributed by atoms with Gasteiger partial charge in [0.05, 0.1) is 16.3 Å². The van der Waals surface area contributed by atoms with Crippen LogP contribution in [0.2, 0.25) is 10.0 Å². The second-order valence-electron chi connectivity index (χ2n) is 4.52. The van der Waals surface area contributed by atoms with Crippen LogP contribution in [0.4, 0.5) is 5.69 Å². The van der Waals surface area contributed by atoms with Gasteiger partial charge < -0.3 is 10.1 Å². The van der Waals surface area contributed by atoms with Crippen LogP contribution in [0.1, 0.15) is 17.3 Å². The Balaban J connectivity index is 1.98. The van der Waals surface area contributed by atoms with Gasteiger partial charge >= 0.3 is 5.97 Å². The fraction of sp³-hybridized carbons (Fsp3) is 0.125. The molecule has 0 radical (unpaired) electrons. The molecule has 0 fully saturated rings. The number of rotatable bonds is 4. The highest BCUT2D eigenvalue weighted by Crippen LogP contribution is 2.20. The minimum absolute atomic E-state index is 0.321. The van der Waals surface area contributed by atoms with Crippen molar-refractivity contribution in [1.82, 2.24) is 0 Å². The standard InChI is InChI=1S/C16H13Cl2NO3/c1-10(15(20)19-14-5-3-2-4-13(14)18)22-16(21)11-6-8-12(17)9-7-11/h2-10H,1H3,(H,19,20)/t10-/m0/s1. The first-order chi connectivity index (χ1) is 10.5. The van der Waals surface area contributed by atoms with Crippen LogP contribution in [0.15, 0.2) is 48.5 Å². The molecule has 0 bridgehead atoms. The van der Waals surface area contributed by atoms with E-state index in [9.17, 15) is 9.59 Å². The summed E-state index contributed by atoms with van der Waals surface area (Å²) in [7, 11) is 0. The van der Waals surface area contributed by atoms with Crippen molar-refractivity contribution >= 4 is 40.8 Å². The van der Waals surface area contributed by atoms with Gasteiger partial charge in [-0.1, -0.05) is 35.3 Å². The molecule has 1 atom stereocenters. The van der Waals surface area contributed by atoms with Gasteiger partial charge in [0.25, 0.3) is 5.91 Å². The maximum atomic E-state index is 12.0. The molecule has 0 aliphatic rings. The highest BCUT2D eigenvalue weighted by atomic mass is 35.5. The van der Waals surface area contributed by atoms with Crippen LogP contribution in [0.3, 0.4) is 0 Å². The molecule has 0 spiro atoms. The fourth-order valence-electron chi connectivity index (χ4n) is 1.67. The molecule has 2 aromatic carbocycles. The minimum Gasteiger partial charge on any atom is -0.449 e. The van der Waals surface area contributed by atoms with Crippen molar-refractivity contribution in [3.63, 3.8) is 0 Å². The number of hydrogen-bond donors (Lipinski definition) is 1. The molecule has 22 heavy (non-hydrogen) atoms. The van der Waals surface area contributed by atoms with Crippen molar-refractivity contribution in [1.29, 1.82) is 0 Å². The Hall–Kier alpha value is -2.04. The molecule has 0 aliphatic carbocycles. The number of benzene rings is 2. The third-order valence-corrected chi connectivity index (χ3v) is 3.45. The molecule has 2 aromatic rings. The Morgan fingerprint density at radius 3 is 2.32 bits per heavy atom. The molecule has 0 unspecified atom stereocenters. The Bertz CT molecular complexity index is 686. The van der Waals surface area contributed by atoms with E-state index in [1.165, 1.54) is 19.1 Å². The van der Waals surface area contributed by atoms with E-state index in [-0.39, 0.29) is 0 Å². The predicted molar refractivity (Wildman–Crippen MR) is 86.4 cm³/mol. The normalized spacial score (nSPS) is 11.6. The Morgan fingerprint density at radius 1 is 1.05 bits per heavy atom. The van der Waals surface area contributed by atoms with Crippen LogP contribution in [-0.2, 0) is 9.53 Å². The summed E-state index contributed by atoms with van der Waals surface area (Å²) in [5.74, 6) is -1.06. The first-order valence-corrected chi connectivity index (χ1v) is 7.25. The van der Waals surface area contributed by atoms with Gasteiger partial charge in [-0.2, -0.15) is 0 Å². The number of carbonyl (C=O) groups excluding carboxylic acids is 2. The number of halogens is 2. The van der Waals surface area contributed by atoms with Gasteiger partial charge in [0.15, 0.2) is 6.10 Å². The lowest BCUT2D eigenvalue weighted by atomic mass is 10.2. The monoisotopic (exact) mass is 337 g/mol. The van der Waals surface area contributed by atoms with Crippen molar-refractivity contribution in [3.05, 3.63) is 64.1 Å². The van der Waals surface area contributed by atoms with E-state index in [0.717, 1.165) is 0 Å². The lowest BCUT2D eigenvalue weighted by molar-refractivity contribution is -0.123. The SMILES string of the molecule is C[C@H](OC(=O)c1ccc(Cl)cc1)C(=O)Nc1ccccc1Cl. The zero-order chi connectivity index (χ0) is 16.1. The first-order valence-electron chi connectivity index (χ1n) is 6.49. The Kier molecular flexibility index (Phi) is 5.41. The predicted octanol–water partition coefficient (Wildman–Crippen LogP) is 4.18. The summed E-state index contributed by atoms with van der Waals surface area (Å²) in [6.07, 6.45) is -0.959. The summed E-state index contributed by atoms with van der Waals surface area (Å²) in [6, 6.07) is 13.0. The molecule has 0 aromatic heterocycles. The molecule has 0 saturated carbocycles. The van der Waals surface area contributed by atoms with Crippen LogP contribution in [0, 0.1) is 0 Å². The molecule has 114 valence electrons. The summed E-state index contributed by atoms with van der Waals surface area (Å²) in [6.45, 7) is 1.49. The first kappa shape index (κ1) is 16.3. The largest absolute Gasteiger partial charge is 0.449 e. The average molecular weight is 338 g/mol. The lowest BCUT2D eigenvalue weighted by Crippen LogP contribution is -2.30. The number of hydrogen-bond acceptors (Lipinski definition) is 3. The van der Waals surface area contributed by atoms with E-state index in [0.29, 0.717) is 21.3 Å². The van der Waals surface area contributed by atoms with Gasteiger partial charge in [-0.3, -0.25) is 4.79 Å². The number of esters is 1. The topological polar surface area (TPSA) is 55.4 Å². The van der Waals surface area contributed by atoms with Gasteiger partial charge in [0.1, 0.15) is 0 Å². The maximum absolute atomic E-state index is 12.0. The van der Waals surface area contributed by atoms with E-state index < -0.39 is 18.0 Å². The Morgan fingerprint density at radius 2 is 1.68 bits per heavy atom. The van der Waals surface area contributed by atoms with Gasteiger partial charge in [0, 0.05) is 5.02 Å². The van der Waals surface area contributed by atoms with Crippen LogP contribution in [0.25, 0.3) is 0 Å². The van der Waals surface area contributed by atoms with E-state index in [2.05, 4.69) is 5.32 Å². The minimum atomic E-state index is -0.959. The number of ether oxygens (including phenoxy) is 1. The molecule has 0 aliphatic heterocycles.